The van der Waals surface area contributed by atoms with Crippen LogP contribution in [0.1, 0.15) is 22.9 Å². The number of aryl methyl sites for hydroxylation is 1. The van der Waals surface area contributed by atoms with Crippen LogP contribution in [0.25, 0.3) is 5.69 Å². The van der Waals surface area contributed by atoms with Crippen molar-refractivity contribution in [3.05, 3.63) is 77.9 Å². The van der Waals surface area contributed by atoms with Gasteiger partial charge >= 0.3 is 0 Å². The molecule has 0 bridgehead atoms. The van der Waals surface area contributed by atoms with E-state index in [1.54, 1.807) is 11.0 Å². The molecule has 0 saturated carbocycles. The molecule has 0 radical (unpaired) electrons. The van der Waals surface area contributed by atoms with E-state index in [0.717, 1.165) is 23.4 Å². The van der Waals surface area contributed by atoms with Gasteiger partial charge in [-0.2, -0.15) is 5.10 Å². The normalized spacial score (nSPS) is 17.6. The molecule has 25 heavy (non-hydrogen) atoms. The maximum absolute atomic E-state index is 12.0. The molecule has 2 aromatic carbocycles. The summed E-state index contributed by atoms with van der Waals surface area (Å²) in [6.45, 7) is 3.18. The van der Waals surface area contributed by atoms with E-state index in [1.165, 1.54) is 11.9 Å². The van der Waals surface area contributed by atoms with Crippen LogP contribution >= 0.6 is 0 Å². The maximum atomic E-state index is 12.0. The van der Waals surface area contributed by atoms with Crippen molar-refractivity contribution in [2.24, 2.45) is 0 Å². The first-order valence-corrected chi connectivity index (χ1v) is 8.23. The number of aromatic nitrogens is 3. The molecule has 1 aromatic heterocycles. The molecule has 1 aliphatic heterocycles. The van der Waals surface area contributed by atoms with Gasteiger partial charge in [0.1, 0.15) is 18.8 Å². The summed E-state index contributed by atoms with van der Waals surface area (Å²) < 4.78 is 1.74. The predicted molar refractivity (Wildman–Crippen MR) is 93.8 cm³/mol. The summed E-state index contributed by atoms with van der Waals surface area (Å²) in [5.74, 6) is 0.0546. The first-order valence-electron chi connectivity index (χ1n) is 8.23. The van der Waals surface area contributed by atoms with E-state index < -0.39 is 0 Å². The van der Waals surface area contributed by atoms with Gasteiger partial charge in [-0.1, -0.05) is 42.5 Å². The molecule has 0 spiro atoms. The first-order chi connectivity index (χ1) is 12.2. The molecule has 1 atom stereocenters. The highest BCUT2D eigenvalue weighted by molar-refractivity contribution is 5.80. The van der Waals surface area contributed by atoms with Gasteiger partial charge in [0, 0.05) is 6.54 Å². The highest BCUT2D eigenvalue weighted by Crippen LogP contribution is 2.26. The van der Waals surface area contributed by atoms with Crippen LogP contribution in [0.4, 0.5) is 0 Å². The van der Waals surface area contributed by atoms with Crippen molar-refractivity contribution in [1.29, 1.82) is 0 Å². The summed E-state index contributed by atoms with van der Waals surface area (Å²) in [4.78, 5) is 18.1. The molecule has 3 aromatic rings. The molecule has 1 saturated heterocycles. The topological polar surface area (TPSA) is 63.1 Å². The van der Waals surface area contributed by atoms with Crippen LogP contribution in [0.5, 0.6) is 0 Å². The highest BCUT2D eigenvalue weighted by atomic mass is 16.2. The second-order valence-corrected chi connectivity index (χ2v) is 6.25. The summed E-state index contributed by atoms with van der Waals surface area (Å²) in [5, 5.41) is 7.26. The van der Waals surface area contributed by atoms with Crippen molar-refractivity contribution in [1.82, 2.24) is 25.0 Å². The van der Waals surface area contributed by atoms with E-state index >= 15 is 0 Å². The number of nitrogens with zero attached hydrogens (tertiary/aromatic N) is 4. The van der Waals surface area contributed by atoms with E-state index in [4.69, 9.17) is 0 Å². The number of amides is 1. The Morgan fingerprint density at radius 1 is 1.20 bits per heavy atom. The third kappa shape index (κ3) is 3.16. The van der Waals surface area contributed by atoms with Crippen molar-refractivity contribution in [2.45, 2.75) is 19.6 Å². The van der Waals surface area contributed by atoms with E-state index in [-0.39, 0.29) is 12.1 Å². The zero-order valence-corrected chi connectivity index (χ0v) is 14.0. The largest absolute Gasteiger partial charge is 0.335 e. The molecule has 1 fully saturated rings. The zero-order valence-electron chi connectivity index (χ0n) is 14.0. The van der Waals surface area contributed by atoms with Crippen molar-refractivity contribution in [3.63, 3.8) is 0 Å². The van der Waals surface area contributed by atoms with E-state index in [0.29, 0.717) is 6.54 Å². The third-order valence-corrected chi connectivity index (χ3v) is 4.44. The van der Waals surface area contributed by atoms with Crippen LogP contribution in [-0.4, -0.2) is 32.1 Å². The fourth-order valence-electron chi connectivity index (χ4n) is 3.26. The van der Waals surface area contributed by atoms with Gasteiger partial charge in [-0.25, -0.2) is 9.67 Å². The number of hydrogen-bond acceptors (Lipinski definition) is 4. The molecule has 1 unspecified atom stereocenters. The maximum Gasteiger partial charge on any atom is 0.235 e. The van der Waals surface area contributed by atoms with Crippen LogP contribution in [0.3, 0.4) is 0 Å². The summed E-state index contributed by atoms with van der Waals surface area (Å²) in [7, 11) is 0. The lowest BCUT2D eigenvalue weighted by Crippen LogP contribution is -2.27. The van der Waals surface area contributed by atoms with Crippen LogP contribution in [0.15, 0.2) is 61.2 Å². The quantitative estimate of drug-likeness (QED) is 0.795. The van der Waals surface area contributed by atoms with Crippen molar-refractivity contribution < 1.29 is 4.79 Å². The molecule has 1 amide bonds. The van der Waals surface area contributed by atoms with Gasteiger partial charge in [0.25, 0.3) is 0 Å². The Hall–Kier alpha value is -2.99. The molecule has 2 heterocycles. The Labute approximate surface area is 146 Å². The molecule has 6 heteroatoms. The minimum absolute atomic E-state index is 0.0546. The van der Waals surface area contributed by atoms with E-state index in [9.17, 15) is 4.79 Å². The summed E-state index contributed by atoms with van der Waals surface area (Å²) in [6, 6.07) is 16.4. The Morgan fingerprint density at radius 2 is 2.04 bits per heavy atom. The lowest BCUT2D eigenvalue weighted by atomic mass is 10.1. The number of benzene rings is 2. The van der Waals surface area contributed by atoms with E-state index in [2.05, 4.69) is 38.5 Å². The van der Waals surface area contributed by atoms with Crippen LogP contribution in [-0.2, 0) is 11.3 Å². The van der Waals surface area contributed by atoms with Crippen LogP contribution < -0.4 is 5.32 Å². The SMILES string of the molecule is Cc1cc(C2NC(=O)CN2Cc2ccccc2)ccc1-n1cncn1. The average molecular weight is 333 g/mol. The smallest absolute Gasteiger partial charge is 0.235 e. The standard InChI is InChI=1S/C19H19N5O/c1-14-9-16(7-8-17(14)24-13-20-12-21-24)19-22-18(25)11-23(19)10-15-5-3-2-4-6-15/h2-9,12-13,19H,10-11H2,1H3,(H,22,25). The molecule has 1 N–H and O–H groups in total. The molecular formula is C19H19N5O. The minimum atomic E-state index is -0.115. The van der Waals surface area contributed by atoms with Gasteiger partial charge in [-0.3, -0.25) is 9.69 Å². The van der Waals surface area contributed by atoms with Crippen molar-refractivity contribution >= 4 is 5.91 Å². The molecular weight excluding hydrogens is 314 g/mol. The highest BCUT2D eigenvalue weighted by Gasteiger charge is 2.31. The molecule has 1 aliphatic rings. The van der Waals surface area contributed by atoms with Crippen LogP contribution in [0.2, 0.25) is 0 Å². The fourth-order valence-corrected chi connectivity index (χ4v) is 3.26. The molecule has 126 valence electrons. The van der Waals surface area contributed by atoms with Gasteiger partial charge in [-0.15, -0.1) is 0 Å². The second kappa shape index (κ2) is 6.49. The lowest BCUT2D eigenvalue weighted by Gasteiger charge is -2.24. The third-order valence-electron chi connectivity index (χ3n) is 4.44. The Kier molecular flexibility index (Phi) is 4.03. The van der Waals surface area contributed by atoms with Gasteiger partial charge < -0.3 is 5.32 Å². The first kappa shape index (κ1) is 15.5. The van der Waals surface area contributed by atoms with Gasteiger partial charge in [-0.05, 0) is 29.7 Å². The minimum Gasteiger partial charge on any atom is -0.335 e. The van der Waals surface area contributed by atoms with E-state index in [1.807, 2.05) is 37.3 Å². The predicted octanol–water partition coefficient (Wildman–Crippen LogP) is 2.21. The summed E-state index contributed by atoms with van der Waals surface area (Å²) in [6.07, 6.45) is 3.09. The van der Waals surface area contributed by atoms with Crippen molar-refractivity contribution in [2.75, 3.05) is 6.54 Å². The fraction of sp³-hybridized carbons (Fsp3) is 0.211. The number of hydrogen-bond donors (Lipinski definition) is 1. The van der Waals surface area contributed by atoms with Gasteiger partial charge in [0.2, 0.25) is 5.91 Å². The average Bonchev–Trinajstić information content (AvgIpc) is 3.26. The Balaban J connectivity index is 1.61. The number of carbonyl (C=O) groups is 1. The number of nitrogens with one attached hydrogen (secondary N) is 1. The Bertz CT molecular complexity index is 876. The van der Waals surface area contributed by atoms with Gasteiger partial charge in [0.15, 0.2) is 0 Å². The molecule has 4 rings (SSSR count). The Morgan fingerprint density at radius 3 is 2.76 bits per heavy atom. The van der Waals surface area contributed by atoms with Crippen molar-refractivity contribution in [3.8, 4) is 5.69 Å². The number of carbonyl (C=O) groups excluding carboxylic acids is 1. The second-order valence-electron chi connectivity index (χ2n) is 6.25. The summed E-state index contributed by atoms with van der Waals surface area (Å²) in [5.41, 5.74) is 4.34. The molecule has 0 aliphatic carbocycles. The zero-order chi connectivity index (χ0) is 17.2. The number of rotatable bonds is 4. The monoisotopic (exact) mass is 333 g/mol. The summed E-state index contributed by atoms with van der Waals surface area (Å²) >= 11 is 0. The van der Waals surface area contributed by atoms with Gasteiger partial charge in [0.05, 0.1) is 12.2 Å². The molecule has 6 nitrogen and oxygen atoms in total. The lowest BCUT2D eigenvalue weighted by molar-refractivity contribution is -0.118. The van der Waals surface area contributed by atoms with Crippen LogP contribution in [0, 0.1) is 6.92 Å².